The number of hydroxylamine groups is 1. The molecule has 106 valence electrons. The number of nitrogens with zero attached hydrogens (tertiary/aromatic N) is 1. The van der Waals surface area contributed by atoms with Crippen molar-refractivity contribution in [3.8, 4) is 0 Å². The van der Waals surface area contributed by atoms with Gasteiger partial charge in [-0.2, -0.15) is 0 Å². The summed E-state index contributed by atoms with van der Waals surface area (Å²) in [5, 5.41) is 5.60. The van der Waals surface area contributed by atoms with Gasteiger partial charge in [0.05, 0.1) is 12.6 Å². The van der Waals surface area contributed by atoms with Gasteiger partial charge in [-0.1, -0.05) is 30.3 Å². The molecule has 20 heavy (non-hydrogen) atoms. The first-order valence-corrected chi connectivity index (χ1v) is 7.17. The van der Waals surface area contributed by atoms with Crippen LogP contribution in [0.15, 0.2) is 35.7 Å². The second kappa shape index (κ2) is 7.02. The molecule has 0 radical (unpaired) electrons. The monoisotopic (exact) mass is 291 g/mol. The Balaban J connectivity index is 1.73. The highest BCUT2D eigenvalue weighted by molar-refractivity contribution is 7.09. The molecule has 1 aromatic heterocycles. The topological polar surface area (TPSA) is 63.2 Å². The van der Waals surface area contributed by atoms with Crippen molar-refractivity contribution in [1.29, 1.82) is 0 Å². The molecule has 6 heteroatoms. The molecule has 0 saturated carbocycles. The van der Waals surface area contributed by atoms with E-state index in [4.69, 9.17) is 4.84 Å². The average molecular weight is 291 g/mol. The van der Waals surface area contributed by atoms with Crippen molar-refractivity contribution in [2.45, 2.75) is 26.5 Å². The molecule has 0 aliphatic rings. The zero-order chi connectivity index (χ0) is 14.4. The third-order valence-corrected chi connectivity index (χ3v) is 3.75. The van der Waals surface area contributed by atoms with E-state index in [1.807, 2.05) is 49.6 Å². The van der Waals surface area contributed by atoms with Crippen molar-refractivity contribution in [3.05, 3.63) is 52.0 Å². The Morgan fingerprint density at radius 3 is 2.80 bits per heavy atom. The summed E-state index contributed by atoms with van der Waals surface area (Å²) in [6, 6.07) is 9.12. The van der Waals surface area contributed by atoms with E-state index in [1.165, 1.54) is 11.3 Å². The van der Waals surface area contributed by atoms with Crippen molar-refractivity contribution in [3.63, 3.8) is 0 Å². The summed E-state index contributed by atoms with van der Waals surface area (Å²) in [4.78, 5) is 21.1. The molecular weight excluding hydrogens is 274 g/mol. The number of rotatable bonds is 5. The van der Waals surface area contributed by atoms with Gasteiger partial charge in [-0.05, 0) is 19.4 Å². The van der Waals surface area contributed by atoms with Gasteiger partial charge in [0.1, 0.15) is 5.01 Å². The van der Waals surface area contributed by atoms with Crippen molar-refractivity contribution in [2.75, 3.05) is 0 Å². The Labute approximate surface area is 122 Å². The third-order valence-electron chi connectivity index (χ3n) is 2.60. The van der Waals surface area contributed by atoms with Crippen LogP contribution < -0.4 is 10.8 Å². The largest absolute Gasteiger partial charge is 0.339 e. The minimum atomic E-state index is -0.374. The molecule has 0 bridgehead atoms. The van der Waals surface area contributed by atoms with Gasteiger partial charge in [0.25, 0.3) is 0 Å². The smallest absolute Gasteiger partial charge is 0.327 e. The van der Waals surface area contributed by atoms with E-state index in [0.717, 1.165) is 16.3 Å². The number of nitrogens with one attached hydrogen (secondary N) is 2. The molecule has 2 amide bonds. The van der Waals surface area contributed by atoms with Crippen LogP contribution in [0, 0.1) is 6.92 Å². The zero-order valence-electron chi connectivity index (χ0n) is 11.4. The number of aromatic nitrogens is 1. The highest BCUT2D eigenvalue weighted by Crippen LogP contribution is 2.16. The van der Waals surface area contributed by atoms with E-state index < -0.39 is 0 Å². The quantitative estimate of drug-likeness (QED) is 0.833. The maximum Gasteiger partial charge on any atom is 0.339 e. The molecule has 0 spiro atoms. The average Bonchev–Trinajstić information content (AvgIpc) is 2.87. The van der Waals surface area contributed by atoms with Crippen LogP contribution in [-0.2, 0) is 11.4 Å². The van der Waals surface area contributed by atoms with Crippen LogP contribution in [0.1, 0.15) is 29.2 Å². The van der Waals surface area contributed by atoms with Crippen LogP contribution >= 0.6 is 11.3 Å². The molecule has 0 saturated heterocycles. The van der Waals surface area contributed by atoms with Crippen molar-refractivity contribution in [1.82, 2.24) is 15.8 Å². The van der Waals surface area contributed by atoms with Crippen LogP contribution in [0.5, 0.6) is 0 Å². The first-order valence-electron chi connectivity index (χ1n) is 6.29. The number of carbonyl (C=O) groups is 1. The Bertz CT molecular complexity index is 557. The first kappa shape index (κ1) is 14.5. The van der Waals surface area contributed by atoms with Crippen LogP contribution in [0.2, 0.25) is 0 Å². The number of urea groups is 1. The molecule has 2 aromatic rings. The number of benzene rings is 1. The van der Waals surface area contributed by atoms with Gasteiger partial charge in [-0.25, -0.2) is 15.3 Å². The summed E-state index contributed by atoms with van der Waals surface area (Å²) >= 11 is 1.53. The fourth-order valence-corrected chi connectivity index (χ4v) is 2.42. The van der Waals surface area contributed by atoms with Crippen molar-refractivity contribution in [2.24, 2.45) is 0 Å². The minimum absolute atomic E-state index is 0.144. The van der Waals surface area contributed by atoms with E-state index in [9.17, 15) is 4.79 Å². The number of hydrogen-bond donors (Lipinski definition) is 2. The normalized spacial score (nSPS) is 11.9. The zero-order valence-corrected chi connectivity index (χ0v) is 12.2. The van der Waals surface area contributed by atoms with Crippen LogP contribution in [0.25, 0.3) is 0 Å². The lowest BCUT2D eigenvalue weighted by Crippen LogP contribution is -2.36. The van der Waals surface area contributed by atoms with Crippen LogP contribution in [0.4, 0.5) is 4.79 Å². The van der Waals surface area contributed by atoms with Gasteiger partial charge in [-0.15, -0.1) is 11.3 Å². The van der Waals surface area contributed by atoms with E-state index in [-0.39, 0.29) is 12.1 Å². The van der Waals surface area contributed by atoms with Crippen LogP contribution in [0.3, 0.4) is 0 Å². The molecular formula is C14H17N3O2S. The van der Waals surface area contributed by atoms with Gasteiger partial charge in [-0.3, -0.25) is 4.84 Å². The van der Waals surface area contributed by atoms with Gasteiger partial charge < -0.3 is 5.32 Å². The SMILES string of the molecule is Cc1csc(C(C)NC(=O)NOCc2ccccc2)n1. The lowest BCUT2D eigenvalue weighted by Gasteiger charge is -2.12. The van der Waals surface area contributed by atoms with E-state index >= 15 is 0 Å². The molecule has 2 rings (SSSR count). The Hall–Kier alpha value is -1.92. The van der Waals surface area contributed by atoms with Gasteiger partial charge in [0.2, 0.25) is 0 Å². The number of amides is 2. The summed E-state index contributed by atoms with van der Waals surface area (Å²) in [5.74, 6) is 0. The molecule has 1 aromatic carbocycles. The highest BCUT2D eigenvalue weighted by Gasteiger charge is 2.12. The standard InChI is InChI=1S/C14H17N3O2S/c1-10-9-20-13(15-10)11(2)16-14(18)17-19-8-12-6-4-3-5-7-12/h3-7,9,11H,8H2,1-2H3,(H2,16,17,18). The first-order chi connectivity index (χ1) is 9.65. The van der Waals surface area contributed by atoms with E-state index in [2.05, 4.69) is 15.8 Å². The molecule has 0 aliphatic carbocycles. The summed E-state index contributed by atoms with van der Waals surface area (Å²) < 4.78 is 0. The minimum Gasteiger partial charge on any atom is -0.327 e. The van der Waals surface area contributed by atoms with E-state index in [0.29, 0.717) is 6.61 Å². The molecule has 1 unspecified atom stereocenters. The Morgan fingerprint density at radius 2 is 2.15 bits per heavy atom. The number of aryl methyl sites for hydroxylation is 1. The number of carbonyl (C=O) groups excluding carboxylic acids is 1. The van der Waals surface area contributed by atoms with Crippen molar-refractivity contribution >= 4 is 17.4 Å². The summed E-state index contributed by atoms with van der Waals surface area (Å²) in [7, 11) is 0. The molecule has 0 fully saturated rings. The van der Waals surface area contributed by atoms with Gasteiger partial charge in [0, 0.05) is 11.1 Å². The lowest BCUT2D eigenvalue weighted by atomic mass is 10.2. The maximum atomic E-state index is 11.7. The highest BCUT2D eigenvalue weighted by atomic mass is 32.1. The maximum absolute atomic E-state index is 11.7. The Morgan fingerprint density at radius 1 is 1.40 bits per heavy atom. The molecule has 1 heterocycles. The second-order valence-corrected chi connectivity index (χ2v) is 5.29. The molecule has 5 nitrogen and oxygen atoms in total. The van der Waals surface area contributed by atoms with Crippen LogP contribution in [-0.4, -0.2) is 11.0 Å². The Kier molecular flexibility index (Phi) is 5.09. The van der Waals surface area contributed by atoms with Gasteiger partial charge >= 0.3 is 6.03 Å². The summed E-state index contributed by atoms with van der Waals surface area (Å²) in [6.45, 7) is 4.14. The molecule has 0 aliphatic heterocycles. The van der Waals surface area contributed by atoms with Gasteiger partial charge in [0.15, 0.2) is 0 Å². The molecule has 2 N–H and O–H groups in total. The fourth-order valence-electron chi connectivity index (χ4n) is 1.62. The predicted octanol–water partition coefficient (Wildman–Crippen LogP) is 2.94. The van der Waals surface area contributed by atoms with Crippen molar-refractivity contribution < 1.29 is 9.63 Å². The fraction of sp³-hybridized carbons (Fsp3) is 0.286. The predicted molar refractivity (Wildman–Crippen MR) is 78.2 cm³/mol. The number of thiazole rings is 1. The second-order valence-electron chi connectivity index (χ2n) is 4.40. The summed E-state index contributed by atoms with van der Waals surface area (Å²) in [6.07, 6.45) is 0. The van der Waals surface area contributed by atoms with E-state index in [1.54, 1.807) is 0 Å². The summed E-state index contributed by atoms with van der Waals surface area (Å²) in [5.41, 5.74) is 4.32. The lowest BCUT2D eigenvalue weighted by molar-refractivity contribution is 0.0483. The third kappa shape index (κ3) is 4.32. The molecule has 1 atom stereocenters. The number of hydrogen-bond acceptors (Lipinski definition) is 4.